The van der Waals surface area contributed by atoms with Crippen LogP contribution in [0.3, 0.4) is 0 Å². The largest absolute Gasteiger partial charge is 0.519 e. The highest BCUT2D eigenvalue weighted by molar-refractivity contribution is 5.91. The molecule has 0 spiro atoms. The quantitative estimate of drug-likeness (QED) is 0.710. The second-order valence-corrected chi connectivity index (χ2v) is 2.42. The molecule has 5 heteroatoms. The van der Waals surface area contributed by atoms with Crippen LogP contribution in [0.15, 0.2) is 31.8 Å². The summed E-state index contributed by atoms with van der Waals surface area (Å²) in [6.07, 6.45) is 0. The van der Waals surface area contributed by atoms with Crippen LogP contribution in [-0.2, 0) is 0 Å². The highest BCUT2D eigenvalue weighted by atomic mass is 16.6. The van der Waals surface area contributed by atoms with Crippen LogP contribution in [0.4, 0.5) is 0 Å². The minimum atomic E-state index is -1.08. The molecule has 0 amide bonds. The first kappa shape index (κ1) is 7.60. The molecule has 1 N–H and O–H groups in total. The molecule has 0 fully saturated rings. The van der Waals surface area contributed by atoms with Crippen molar-refractivity contribution < 1.29 is 18.7 Å². The van der Waals surface area contributed by atoms with Crippen LogP contribution in [0.5, 0.6) is 0 Å². The van der Waals surface area contributed by atoms with E-state index in [0.717, 1.165) is 0 Å². The topological polar surface area (TPSA) is 80.6 Å². The van der Waals surface area contributed by atoms with Gasteiger partial charge in [0.1, 0.15) is 0 Å². The number of aromatic carboxylic acids is 1. The smallest absolute Gasteiger partial charge is 0.478 e. The second-order valence-electron chi connectivity index (χ2n) is 2.42. The van der Waals surface area contributed by atoms with Crippen molar-refractivity contribution in [1.82, 2.24) is 0 Å². The predicted molar refractivity (Wildman–Crippen MR) is 41.7 cm³/mol. The Labute approximate surface area is 71.2 Å². The van der Waals surface area contributed by atoms with Gasteiger partial charge in [-0.05, 0) is 18.2 Å². The molecular weight excluding hydrogens is 176 g/mol. The molecule has 0 aliphatic heterocycles. The normalized spacial score (nSPS) is 10.5. The minimum Gasteiger partial charge on any atom is -0.478 e. The SMILES string of the molecule is O=C(O)c1ccc2oc(=O)oc2c1. The van der Waals surface area contributed by atoms with Crippen molar-refractivity contribution in [3.05, 3.63) is 34.4 Å². The average molecular weight is 180 g/mol. The van der Waals surface area contributed by atoms with Gasteiger partial charge in [-0.2, -0.15) is 0 Å². The molecule has 0 atom stereocenters. The molecule has 0 bridgehead atoms. The van der Waals surface area contributed by atoms with Crippen molar-refractivity contribution in [2.75, 3.05) is 0 Å². The molecular formula is C8H4O5. The molecule has 0 saturated carbocycles. The van der Waals surface area contributed by atoms with Crippen molar-refractivity contribution in [1.29, 1.82) is 0 Å². The number of carboxylic acid groups (broad SMARTS) is 1. The van der Waals surface area contributed by atoms with Gasteiger partial charge in [-0.15, -0.1) is 0 Å². The summed E-state index contributed by atoms with van der Waals surface area (Å²) in [6, 6.07) is 3.95. The first-order valence-electron chi connectivity index (χ1n) is 3.44. The van der Waals surface area contributed by atoms with Crippen LogP contribution in [0.1, 0.15) is 10.4 Å². The Balaban J connectivity index is 2.74. The van der Waals surface area contributed by atoms with Gasteiger partial charge >= 0.3 is 11.8 Å². The van der Waals surface area contributed by atoms with Crippen molar-refractivity contribution >= 4 is 17.1 Å². The molecule has 0 radical (unpaired) electrons. The van der Waals surface area contributed by atoms with E-state index < -0.39 is 11.8 Å². The number of hydrogen-bond acceptors (Lipinski definition) is 4. The zero-order valence-electron chi connectivity index (χ0n) is 6.31. The number of carboxylic acids is 1. The molecule has 66 valence electrons. The summed E-state index contributed by atoms with van der Waals surface area (Å²) in [5.41, 5.74) is 0.442. The van der Waals surface area contributed by atoms with E-state index in [9.17, 15) is 9.59 Å². The standard InChI is InChI=1S/C8H4O5/c9-7(10)4-1-2-5-6(3-4)13-8(11)12-5/h1-3H,(H,9,10). The van der Waals surface area contributed by atoms with E-state index in [4.69, 9.17) is 5.11 Å². The summed E-state index contributed by atoms with van der Waals surface area (Å²) in [5.74, 6) is -1.91. The van der Waals surface area contributed by atoms with Gasteiger partial charge in [0.15, 0.2) is 11.2 Å². The third-order valence-corrected chi connectivity index (χ3v) is 1.58. The molecule has 0 aliphatic rings. The highest BCUT2D eigenvalue weighted by Crippen LogP contribution is 2.14. The maximum Gasteiger partial charge on any atom is 0.519 e. The predicted octanol–water partition coefficient (Wildman–Crippen LogP) is 1.08. The Kier molecular flexibility index (Phi) is 1.45. The average Bonchev–Trinajstić information content (AvgIpc) is 2.42. The molecule has 2 aromatic rings. The Hall–Kier alpha value is -2.04. The number of rotatable bonds is 1. The van der Waals surface area contributed by atoms with Gasteiger partial charge in [-0.3, -0.25) is 0 Å². The third kappa shape index (κ3) is 1.20. The fourth-order valence-electron chi connectivity index (χ4n) is 1.01. The summed E-state index contributed by atoms with van der Waals surface area (Å²) < 4.78 is 9.16. The number of benzene rings is 1. The Morgan fingerprint density at radius 3 is 2.62 bits per heavy atom. The summed E-state index contributed by atoms with van der Waals surface area (Å²) in [4.78, 5) is 21.1. The van der Waals surface area contributed by atoms with Crippen molar-refractivity contribution in [3.8, 4) is 0 Å². The van der Waals surface area contributed by atoms with E-state index in [1.54, 1.807) is 0 Å². The Morgan fingerprint density at radius 1 is 1.23 bits per heavy atom. The third-order valence-electron chi connectivity index (χ3n) is 1.58. The first-order chi connectivity index (χ1) is 6.16. The van der Waals surface area contributed by atoms with E-state index in [0.29, 0.717) is 0 Å². The lowest BCUT2D eigenvalue weighted by atomic mass is 10.2. The fourth-order valence-corrected chi connectivity index (χ4v) is 1.01. The molecule has 1 aromatic carbocycles. The van der Waals surface area contributed by atoms with Gasteiger partial charge in [-0.1, -0.05) is 0 Å². The van der Waals surface area contributed by atoms with Crippen LogP contribution in [0.25, 0.3) is 11.2 Å². The zero-order chi connectivity index (χ0) is 9.42. The van der Waals surface area contributed by atoms with Gasteiger partial charge in [-0.25, -0.2) is 9.59 Å². The lowest BCUT2D eigenvalue weighted by Gasteiger charge is -1.90. The van der Waals surface area contributed by atoms with Gasteiger partial charge in [0.25, 0.3) is 0 Å². The Morgan fingerprint density at radius 2 is 1.92 bits per heavy atom. The highest BCUT2D eigenvalue weighted by Gasteiger charge is 2.08. The fraction of sp³-hybridized carbons (Fsp3) is 0. The van der Waals surface area contributed by atoms with Crippen LogP contribution < -0.4 is 5.82 Å². The zero-order valence-corrected chi connectivity index (χ0v) is 6.31. The van der Waals surface area contributed by atoms with E-state index >= 15 is 0 Å². The van der Waals surface area contributed by atoms with Gasteiger partial charge in [0, 0.05) is 0 Å². The molecule has 13 heavy (non-hydrogen) atoms. The van der Waals surface area contributed by atoms with Gasteiger partial charge in [0.05, 0.1) is 5.56 Å². The number of carbonyl (C=O) groups is 1. The molecule has 1 heterocycles. The molecule has 1 aromatic heterocycles. The van der Waals surface area contributed by atoms with E-state index in [1.807, 2.05) is 0 Å². The second kappa shape index (κ2) is 2.48. The van der Waals surface area contributed by atoms with Crippen molar-refractivity contribution in [3.63, 3.8) is 0 Å². The monoisotopic (exact) mass is 180 g/mol. The van der Waals surface area contributed by atoms with Crippen LogP contribution in [0, 0.1) is 0 Å². The maximum atomic E-state index is 10.6. The van der Waals surface area contributed by atoms with E-state index in [1.165, 1.54) is 18.2 Å². The summed E-state index contributed by atoms with van der Waals surface area (Å²) in [5, 5.41) is 8.60. The summed E-state index contributed by atoms with van der Waals surface area (Å²) in [7, 11) is 0. The van der Waals surface area contributed by atoms with Crippen molar-refractivity contribution in [2.24, 2.45) is 0 Å². The molecule has 0 aliphatic carbocycles. The van der Waals surface area contributed by atoms with Crippen LogP contribution in [-0.4, -0.2) is 11.1 Å². The molecule has 2 rings (SSSR count). The number of fused-ring (bicyclic) bond motifs is 1. The molecule has 0 saturated heterocycles. The lowest BCUT2D eigenvalue weighted by Crippen LogP contribution is -1.94. The van der Waals surface area contributed by atoms with Gasteiger partial charge in [0.2, 0.25) is 0 Å². The van der Waals surface area contributed by atoms with Crippen LogP contribution in [0.2, 0.25) is 0 Å². The van der Waals surface area contributed by atoms with E-state index in [2.05, 4.69) is 8.83 Å². The first-order valence-corrected chi connectivity index (χ1v) is 3.44. The maximum absolute atomic E-state index is 10.6. The molecule has 0 unspecified atom stereocenters. The van der Waals surface area contributed by atoms with Gasteiger partial charge < -0.3 is 13.9 Å². The summed E-state index contributed by atoms with van der Waals surface area (Å²) >= 11 is 0. The van der Waals surface area contributed by atoms with Crippen LogP contribution >= 0.6 is 0 Å². The number of hydrogen-bond donors (Lipinski definition) is 1. The Bertz CT molecular complexity index is 519. The van der Waals surface area contributed by atoms with E-state index in [-0.39, 0.29) is 16.7 Å². The van der Waals surface area contributed by atoms with Crippen molar-refractivity contribution in [2.45, 2.75) is 0 Å². The lowest BCUT2D eigenvalue weighted by molar-refractivity contribution is 0.0697. The molecule has 5 nitrogen and oxygen atoms in total. The minimum absolute atomic E-state index is 0.0528. The summed E-state index contributed by atoms with van der Waals surface area (Å²) in [6.45, 7) is 0.